The van der Waals surface area contributed by atoms with Crippen molar-refractivity contribution in [2.45, 2.75) is 50.3 Å². The number of amides is 2. The summed E-state index contributed by atoms with van der Waals surface area (Å²) in [5, 5.41) is 8.75. The molecule has 0 aromatic heterocycles. The number of anilines is 1. The number of hydrogen-bond donors (Lipinski definition) is 2. The second kappa shape index (κ2) is 9.24. The lowest BCUT2D eigenvalue weighted by Gasteiger charge is -2.51. The fourth-order valence-corrected chi connectivity index (χ4v) is 5.63. The number of hydrazone groups is 1. The molecule has 2 amide bonds. The molecule has 2 aliphatic heterocycles. The molecule has 4 unspecified atom stereocenters. The van der Waals surface area contributed by atoms with Crippen molar-refractivity contribution in [3.8, 4) is 0 Å². The molecule has 1 aliphatic carbocycles. The molecular weight excluding hydrogens is 445 g/mol. The maximum absolute atomic E-state index is 13.1. The van der Waals surface area contributed by atoms with Crippen LogP contribution in [0.2, 0.25) is 5.02 Å². The second-order valence-electron chi connectivity index (χ2n) is 7.76. The molecule has 30 heavy (non-hydrogen) atoms. The van der Waals surface area contributed by atoms with Crippen molar-refractivity contribution in [2.75, 3.05) is 17.6 Å². The number of thioether (sulfide) groups is 1. The van der Waals surface area contributed by atoms with E-state index in [4.69, 9.17) is 23.2 Å². The first-order valence-corrected chi connectivity index (χ1v) is 12.0. The molecule has 1 saturated heterocycles. The zero-order chi connectivity index (χ0) is 21.3. The molecule has 4 rings (SSSR count). The third-order valence-electron chi connectivity index (χ3n) is 5.69. The number of alkyl halides is 1. The van der Waals surface area contributed by atoms with Crippen LogP contribution < -0.4 is 10.7 Å². The average molecular weight is 470 g/mol. The van der Waals surface area contributed by atoms with E-state index in [1.807, 2.05) is 4.90 Å². The van der Waals surface area contributed by atoms with Crippen LogP contribution in [-0.2, 0) is 9.59 Å². The smallest absolute Gasteiger partial charge is 0.234 e. The van der Waals surface area contributed by atoms with Crippen molar-refractivity contribution in [3.05, 3.63) is 29.3 Å². The second-order valence-corrected chi connectivity index (χ2v) is 9.76. The van der Waals surface area contributed by atoms with Crippen molar-refractivity contribution in [1.82, 2.24) is 15.2 Å². The Morgan fingerprint density at radius 2 is 2.10 bits per heavy atom. The molecule has 162 valence electrons. The van der Waals surface area contributed by atoms with Gasteiger partial charge in [0.05, 0.1) is 11.7 Å². The monoisotopic (exact) mass is 469 g/mol. The number of halogens is 2. The maximum Gasteiger partial charge on any atom is 0.234 e. The lowest BCUT2D eigenvalue weighted by atomic mass is 9.81. The van der Waals surface area contributed by atoms with E-state index in [2.05, 4.69) is 27.7 Å². The first-order valence-electron chi connectivity index (χ1n) is 10.2. The summed E-state index contributed by atoms with van der Waals surface area (Å²) in [5.74, 6) is 0.136. The van der Waals surface area contributed by atoms with Gasteiger partial charge in [-0.25, -0.2) is 0 Å². The minimum atomic E-state index is -0.285. The van der Waals surface area contributed by atoms with Crippen molar-refractivity contribution < 1.29 is 9.59 Å². The number of hydrogen-bond acceptors (Lipinski definition) is 6. The van der Waals surface area contributed by atoms with E-state index in [1.165, 1.54) is 11.8 Å². The Balaban J connectivity index is 1.43. The van der Waals surface area contributed by atoms with Crippen LogP contribution in [-0.4, -0.2) is 56.8 Å². The summed E-state index contributed by atoms with van der Waals surface area (Å²) in [5.41, 5.74) is 3.82. The first kappa shape index (κ1) is 21.6. The van der Waals surface area contributed by atoms with E-state index in [-0.39, 0.29) is 41.2 Å². The largest absolute Gasteiger partial charge is 0.325 e. The molecule has 10 heteroatoms. The number of amidine groups is 1. The first-order chi connectivity index (χ1) is 14.5. The fourth-order valence-electron chi connectivity index (χ4n) is 4.36. The Kier molecular flexibility index (Phi) is 6.65. The van der Waals surface area contributed by atoms with Crippen LogP contribution in [0.25, 0.3) is 0 Å². The van der Waals surface area contributed by atoms with E-state index in [9.17, 15) is 9.59 Å². The average Bonchev–Trinajstić information content (AvgIpc) is 3.15. The third-order valence-corrected chi connectivity index (χ3v) is 7.30. The molecule has 2 fully saturated rings. The van der Waals surface area contributed by atoms with Crippen LogP contribution in [0.3, 0.4) is 0 Å². The van der Waals surface area contributed by atoms with Crippen LogP contribution in [0.15, 0.2) is 29.4 Å². The van der Waals surface area contributed by atoms with Gasteiger partial charge in [-0.2, -0.15) is 5.10 Å². The van der Waals surface area contributed by atoms with Gasteiger partial charge in [0.2, 0.25) is 11.8 Å². The number of benzene rings is 1. The number of carbonyl (C=O) groups excluding carboxylic acids is 2. The third kappa shape index (κ3) is 4.36. The molecular formula is C20H25Cl2N5O2S. The predicted molar refractivity (Wildman–Crippen MR) is 122 cm³/mol. The molecule has 1 aromatic rings. The summed E-state index contributed by atoms with van der Waals surface area (Å²) in [7, 11) is 0. The molecule has 0 radical (unpaired) electrons. The molecule has 0 bridgehead atoms. The standard InChI is InChI=1S/C20H25Cl2N5O2S/c1-2-9-26-18(29)15-10-13(22)5-8-16(15)27-19(26)24-25-20(27)30-11-17(28)23-14-6-3-12(21)4-7-14/h3-4,6-7,13,15-16,19,24H,2,5,8-11H2,1H3,(H,23,28). The molecule has 4 atom stereocenters. The van der Waals surface area contributed by atoms with E-state index in [0.29, 0.717) is 23.7 Å². The summed E-state index contributed by atoms with van der Waals surface area (Å²) >= 11 is 13.7. The highest BCUT2D eigenvalue weighted by atomic mass is 35.5. The molecule has 2 N–H and O–H groups in total. The summed E-state index contributed by atoms with van der Waals surface area (Å²) in [6.45, 7) is 2.72. The van der Waals surface area contributed by atoms with Gasteiger partial charge in [0.25, 0.3) is 0 Å². The number of nitrogens with zero attached hydrogens (tertiary/aromatic N) is 3. The Hall–Kier alpha value is -1.64. The van der Waals surface area contributed by atoms with Gasteiger partial charge in [0.1, 0.15) is 0 Å². The quantitative estimate of drug-likeness (QED) is 0.645. The SMILES string of the molecule is CCCN1C(=O)C2CC(Cl)CCC2N2C(SCC(=O)Nc3ccc(Cl)cc3)=NNC12. The summed E-state index contributed by atoms with van der Waals surface area (Å²) in [6, 6.07) is 7.07. The summed E-state index contributed by atoms with van der Waals surface area (Å²) in [6.07, 6.45) is 2.99. The number of carbonyl (C=O) groups is 2. The van der Waals surface area contributed by atoms with E-state index >= 15 is 0 Å². The lowest BCUT2D eigenvalue weighted by Crippen LogP contribution is -2.67. The summed E-state index contributed by atoms with van der Waals surface area (Å²) in [4.78, 5) is 29.6. The molecule has 0 spiro atoms. The fraction of sp³-hybridized carbons (Fsp3) is 0.550. The van der Waals surface area contributed by atoms with Crippen LogP contribution in [0.5, 0.6) is 0 Å². The van der Waals surface area contributed by atoms with Gasteiger partial charge < -0.3 is 15.1 Å². The zero-order valence-corrected chi connectivity index (χ0v) is 19.0. The zero-order valence-electron chi connectivity index (χ0n) is 16.7. The highest BCUT2D eigenvalue weighted by Gasteiger charge is 2.51. The molecule has 7 nitrogen and oxygen atoms in total. The Morgan fingerprint density at radius 1 is 1.33 bits per heavy atom. The van der Waals surface area contributed by atoms with Gasteiger partial charge in [-0.05, 0) is 49.9 Å². The van der Waals surface area contributed by atoms with Crippen molar-refractivity contribution >= 4 is 57.6 Å². The normalized spacial score (nSPS) is 27.8. The molecule has 3 aliphatic rings. The van der Waals surface area contributed by atoms with Gasteiger partial charge in [-0.3, -0.25) is 15.0 Å². The Bertz CT molecular complexity index is 837. The predicted octanol–water partition coefficient (Wildman–Crippen LogP) is 3.50. The van der Waals surface area contributed by atoms with Crippen molar-refractivity contribution in [2.24, 2.45) is 11.0 Å². The van der Waals surface area contributed by atoms with Gasteiger partial charge in [0.15, 0.2) is 11.5 Å². The maximum atomic E-state index is 13.1. The minimum Gasteiger partial charge on any atom is -0.325 e. The lowest BCUT2D eigenvalue weighted by molar-refractivity contribution is -0.155. The minimum absolute atomic E-state index is 0.0315. The topological polar surface area (TPSA) is 77.0 Å². The highest BCUT2D eigenvalue weighted by molar-refractivity contribution is 8.14. The molecule has 1 aromatic carbocycles. The molecule has 2 heterocycles. The van der Waals surface area contributed by atoms with Crippen LogP contribution >= 0.6 is 35.0 Å². The van der Waals surface area contributed by atoms with Gasteiger partial charge >= 0.3 is 0 Å². The van der Waals surface area contributed by atoms with Gasteiger partial charge in [-0.1, -0.05) is 30.3 Å². The summed E-state index contributed by atoms with van der Waals surface area (Å²) < 4.78 is 0. The van der Waals surface area contributed by atoms with Gasteiger partial charge in [-0.15, -0.1) is 11.6 Å². The Morgan fingerprint density at radius 3 is 2.83 bits per heavy atom. The van der Waals surface area contributed by atoms with Gasteiger partial charge in [0, 0.05) is 28.7 Å². The molecule has 1 saturated carbocycles. The number of nitrogens with one attached hydrogen (secondary N) is 2. The van der Waals surface area contributed by atoms with E-state index in [0.717, 1.165) is 24.4 Å². The van der Waals surface area contributed by atoms with Crippen molar-refractivity contribution in [1.29, 1.82) is 0 Å². The van der Waals surface area contributed by atoms with Crippen molar-refractivity contribution in [3.63, 3.8) is 0 Å². The Labute approximate surface area is 190 Å². The van der Waals surface area contributed by atoms with E-state index in [1.54, 1.807) is 24.3 Å². The van der Waals surface area contributed by atoms with Crippen LogP contribution in [0.4, 0.5) is 5.69 Å². The number of fused-ring (bicyclic) bond motifs is 3. The van der Waals surface area contributed by atoms with Crippen LogP contribution in [0, 0.1) is 5.92 Å². The number of rotatable bonds is 5. The van der Waals surface area contributed by atoms with Crippen LogP contribution in [0.1, 0.15) is 32.6 Å². The van der Waals surface area contributed by atoms with E-state index < -0.39 is 0 Å². The highest BCUT2D eigenvalue weighted by Crippen LogP contribution is 2.40.